The van der Waals surface area contributed by atoms with E-state index in [9.17, 15) is 4.79 Å². The van der Waals surface area contributed by atoms with Crippen LogP contribution in [0.3, 0.4) is 0 Å². The van der Waals surface area contributed by atoms with Gasteiger partial charge in [-0.25, -0.2) is 0 Å². The summed E-state index contributed by atoms with van der Waals surface area (Å²) in [5.41, 5.74) is 0.824. The lowest BCUT2D eigenvalue weighted by Crippen LogP contribution is -2.25. The summed E-state index contributed by atoms with van der Waals surface area (Å²) in [6.45, 7) is 3.91. The molecular formula is C16H20ClN3O3. The molecule has 0 aliphatic heterocycles. The van der Waals surface area contributed by atoms with E-state index in [0.29, 0.717) is 49.3 Å². The quantitative estimate of drug-likeness (QED) is 0.712. The summed E-state index contributed by atoms with van der Waals surface area (Å²) < 4.78 is 10.4. The molecule has 0 radical (unpaired) electrons. The minimum Gasteiger partial charge on any atom is -0.382 e. The zero-order valence-electron chi connectivity index (χ0n) is 13.0. The summed E-state index contributed by atoms with van der Waals surface area (Å²) in [4.78, 5) is 16.0. The Morgan fingerprint density at radius 3 is 2.87 bits per heavy atom. The number of halogens is 1. The fraction of sp³-hybridized carbons (Fsp3) is 0.438. The van der Waals surface area contributed by atoms with E-state index in [4.69, 9.17) is 20.9 Å². The van der Waals surface area contributed by atoms with Crippen LogP contribution >= 0.6 is 11.6 Å². The van der Waals surface area contributed by atoms with Gasteiger partial charge in [-0.15, -0.1) is 0 Å². The van der Waals surface area contributed by atoms with E-state index in [0.717, 1.165) is 12.0 Å². The molecule has 0 bridgehead atoms. The first kappa shape index (κ1) is 17.4. The average molecular weight is 338 g/mol. The maximum Gasteiger partial charge on any atom is 0.227 e. The molecule has 1 amide bonds. The lowest BCUT2D eigenvalue weighted by Gasteiger charge is -2.04. The van der Waals surface area contributed by atoms with Crippen molar-refractivity contribution < 1.29 is 14.1 Å². The second kappa shape index (κ2) is 9.27. The standard InChI is InChI=1S/C16H20ClN3O3/c1-2-22-11-3-10-18-14(21)8-9-15-19-16(20-23-15)12-4-6-13(17)7-5-12/h4-7H,2-3,8-11H2,1H3,(H,18,21). The topological polar surface area (TPSA) is 77.2 Å². The number of rotatable bonds is 9. The maximum absolute atomic E-state index is 11.7. The van der Waals surface area contributed by atoms with Crippen molar-refractivity contribution in [2.75, 3.05) is 19.8 Å². The predicted molar refractivity (Wildman–Crippen MR) is 87.2 cm³/mol. The minimum atomic E-state index is -0.0345. The van der Waals surface area contributed by atoms with Crippen molar-refractivity contribution in [2.24, 2.45) is 0 Å². The Kier molecular flexibility index (Phi) is 7.03. The Bertz CT molecular complexity index is 613. The number of carbonyl (C=O) groups excluding carboxylic acids is 1. The highest BCUT2D eigenvalue weighted by Crippen LogP contribution is 2.18. The second-order valence-electron chi connectivity index (χ2n) is 4.92. The number of benzene rings is 1. The number of ether oxygens (including phenoxy) is 1. The highest BCUT2D eigenvalue weighted by molar-refractivity contribution is 6.30. The molecule has 0 spiro atoms. The van der Waals surface area contributed by atoms with E-state index in [1.54, 1.807) is 12.1 Å². The van der Waals surface area contributed by atoms with Crippen LogP contribution in [0.1, 0.15) is 25.7 Å². The normalized spacial score (nSPS) is 10.7. The van der Waals surface area contributed by atoms with Crippen LogP contribution in [0, 0.1) is 0 Å². The summed E-state index contributed by atoms with van der Waals surface area (Å²) >= 11 is 5.84. The molecule has 0 saturated heterocycles. The molecule has 124 valence electrons. The van der Waals surface area contributed by atoms with Crippen molar-refractivity contribution in [3.05, 3.63) is 35.2 Å². The third kappa shape index (κ3) is 6.00. The summed E-state index contributed by atoms with van der Waals surface area (Å²) in [6, 6.07) is 7.18. The van der Waals surface area contributed by atoms with Gasteiger partial charge in [0, 0.05) is 43.2 Å². The average Bonchev–Trinajstić information content (AvgIpc) is 3.02. The van der Waals surface area contributed by atoms with Gasteiger partial charge in [-0.1, -0.05) is 16.8 Å². The number of hydrogen-bond acceptors (Lipinski definition) is 5. The first-order chi connectivity index (χ1) is 11.2. The van der Waals surface area contributed by atoms with Crippen LogP contribution in [0.25, 0.3) is 11.4 Å². The van der Waals surface area contributed by atoms with Crippen molar-refractivity contribution in [1.29, 1.82) is 0 Å². The van der Waals surface area contributed by atoms with Crippen LogP contribution in [-0.4, -0.2) is 35.8 Å². The lowest BCUT2D eigenvalue weighted by molar-refractivity contribution is -0.121. The van der Waals surface area contributed by atoms with Gasteiger partial charge in [-0.3, -0.25) is 4.79 Å². The Hall–Kier alpha value is -1.92. The van der Waals surface area contributed by atoms with Gasteiger partial charge in [0.25, 0.3) is 0 Å². The molecule has 1 aromatic heterocycles. The van der Waals surface area contributed by atoms with Crippen LogP contribution in [-0.2, 0) is 16.0 Å². The Morgan fingerprint density at radius 1 is 1.35 bits per heavy atom. The Balaban J connectivity index is 1.74. The fourth-order valence-corrected chi connectivity index (χ4v) is 2.05. The predicted octanol–water partition coefficient (Wildman–Crippen LogP) is 2.87. The fourth-order valence-electron chi connectivity index (χ4n) is 1.93. The molecule has 0 saturated carbocycles. The number of aryl methyl sites for hydroxylation is 1. The number of aromatic nitrogens is 2. The van der Waals surface area contributed by atoms with Crippen LogP contribution in [0.4, 0.5) is 0 Å². The highest BCUT2D eigenvalue weighted by Gasteiger charge is 2.10. The zero-order valence-corrected chi connectivity index (χ0v) is 13.8. The molecule has 6 nitrogen and oxygen atoms in total. The molecule has 1 heterocycles. The van der Waals surface area contributed by atoms with Crippen molar-refractivity contribution in [2.45, 2.75) is 26.2 Å². The van der Waals surface area contributed by atoms with Gasteiger partial charge < -0.3 is 14.6 Å². The molecule has 7 heteroatoms. The van der Waals surface area contributed by atoms with Crippen LogP contribution in [0.2, 0.25) is 5.02 Å². The maximum atomic E-state index is 11.7. The number of carbonyl (C=O) groups is 1. The lowest BCUT2D eigenvalue weighted by atomic mass is 10.2. The van der Waals surface area contributed by atoms with Crippen molar-refractivity contribution in [3.8, 4) is 11.4 Å². The van der Waals surface area contributed by atoms with E-state index in [2.05, 4.69) is 15.5 Å². The van der Waals surface area contributed by atoms with E-state index in [1.807, 2.05) is 19.1 Å². The number of hydrogen-bond donors (Lipinski definition) is 1. The molecule has 1 N–H and O–H groups in total. The first-order valence-electron chi connectivity index (χ1n) is 7.62. The van der Waals surface area contributed by atoms with Crippen molar-refractivity contribution in [1.82, 2.24) is 15.5 Å². The largest absolute Gasteiger partial charge is 0.382 e. The molecule has 0 atom stereocenters. The van der Waals surface area contributed by atoms with Gasteiger partial charge in [0.15, 0.2) is 0 Å². The van der Waals surface area contributed by atoms with Gasteiger partial charge in [-0.05, 0) is 37.6 Å². The molecule has 0 unspecified atom stereocenters. The summed E-state index contributed by atoms with van der Waals surface area (Å²) in [7, 11) is 0. The van der Waals surface area contributed by atoms with Gasteiger partial charge >= 0.3 is 0 Å². The summed E-state index contributed by atoms with van der Waals surface area (Å²) in [6.07, 6.45) is 1.54. The van der Waals surface area contributed by atoms with Crippen molar-refractivity contribution in [3.63, 3.8) is 0 Å². The number of amides is 1. The monoisotopic (exact) mass is 337 g/mol. The molecule has 1 aromatic carbocycles. The Morgan fingerprint density at radius 2 is 2.13 bits per heavy atom. The number of nitrogens with zero attached hydrogens (tertiary/aromatic N) is 2. The molecule has 0 aliphatic rings. The molecule has 2 rings (SSSR count). The molecular weight excluding hydrogens is 318 g/mol. The van der Waals surface area contributed by atoms with Gasteiger partial charge in [-0.2, -0.15) is 4.98 Å². The van der Waals surface area contributed by atoms with E-state index >= 15 is 0 Å². The molecule has 0 fully saturated rings. The summed E-state index contributed by atoms with van der Waals surface area (Å²) in [5.74, 6) is 0.904. The van der Waals surface area contributed by atoms with E-state index in [-0.39, 0.29) is 5.91 Å². The van der Waals surface area contributed by atoms with E-state index in [1.165, 1.54) is 0 Å². The molecule has 0 aliphatic carbocycles. The smallest absolute Gasteiger partial charge is 0.227 e. The highest BCUT2D eigenvalue weighted by atomic mass is 35.5. The molecule has 23 heavy (non-hydrogen) atoms. The third-order valence-corrected chi connectivity index (χ3v) is 3.38. The second-order valence-corrected chi connectivity index (χ2v) is 5.36. The summed E-state index contributed by atoms with van der Waals surface area (Å²) in [5, 5.41) is 7.40. The SMILES string of the molecule is CCOCCCNC(=O)CCc1nc(-c2ccc(Cl)cc2)no1. The van der Waals surface area contributed by atoms with Gasteiger partial charge in [0.2, 0.25) is 17.6 Å². The van der Waals surface area contributed by atoms with E-state index < -0.39 is 0 Å². The van der Waals surface area contributed by atoms with Gasteiger partial charge in [0.1, 0.15) is 0 Å². The molecule has 2 aromatic rings. The van der Waals surface area contributed by atoms with Crippen LogP contribution in [0.5, 0.6) is 0 Å². The minimum absolute atomic E-state index is 0.0345. The van der Waals surface area contributed by atoms with Crippen molar-refractivity contribution >= 4 is 17.5 Å². The van der Waals surface area contributed by atoms with Crippen LogP contribution in [0.15, 0.2) is 28.8 Å². The zero-order chi connectivity index (χ0) is 16.5. The third-order valence-electron chi connectivity index (χ3n) is 3.13. The number of nitrogens with one attached hydrogen (secondary N) is 1. The van der Waals surface area contributed by atoms with Gasteiger partial charge in [0.05, 0.1) is 0 Å². The first-order valence-corrected chi connectivity index (χ1v) is 8.00. The van der Waals surface area contributed by atoms with Crippen LogP contribution < -0.4 is 5.32 Å². The Labute approximate surface area is 140 Å².